The first kappa shape index (κ1) is 15.6. The fourth-order valence-corrected chi connectivity index (χ4v) is 2.86. The lowest BCUT2D eigenvalue weighted by Gasteiger charge is -2.10. The molecule has 0 radical (unpaired) electrons. The molecule has 1 aromatic carbocycles. The van der Waals surface area contributed by atoms with Gasteiger partial charge < -0.3 is 9.88 Å². The maximum atomic E-state index is 12.4. The van der Waals surface area contributed by atoms with Gasteiger partial charge in [0.15, 0.2) is 0 Å². The van der Waals surface area contributed by atoms with E-state index in [-0.39, 0.29) is 5.91 Å². The van der Waals surface area contributed by atoms with Crippen LogP contribution in [0.3, 0.4) is 0 Å². The van der Waals surface area contributed by atoms with Crippen LogP contribution in [-0.2, 0) is 6.54 Å². The number of carbonyl (C=O) groups excluding carboxylic acids is 1. The number of benzene rings is 1. The quantitative estimate of drug-likeness (QED) is 0.713. The molecule has 0 bridgehead atoms. The van der Waals surface area contributed by atoms with Crippen LogP contribution in [0.4, 0.5) is 5.69 Å². The predicted octanol–water partition coefficient (Wildman–Crippen LogP) is 5.33. The Morgan fingerprint density at radius 3 is 2.75 bits per heavy atom. The number of aromatic nitrogens is 1. The molecule has 0 fully saturated rings. The third-order valence-corrected chi connectivity index (χ3v) is 3.99. The molecule has 2 rings (SSSR count). The number of amides is 1. The molecule has 0 saturated carbocycles. The number of nitrogens with zero attached hydrogens (tertiary/aromatic N) is 1. The molecular formula is C14H13Br2ClN2O. The van der Waals surface area contributed by atoms with E-state index in [0.29, 0.717) is 16.4 Å². The van der Waals surface area contributed by atoms with Crippen LogP contribution in [-0.4, -0.2) is 10.5 Å². The average molecular weight is 421 g/mol. The third-order valence-electron chi connectivity index (χ3n) is 2.74. The van der Waals surface area contributed by atoms with Gasteiger partial charge >= 0.3 is 0 Å². The molecule has 2 aromatic rings. The van der Waals surface area contributed by atoms with Crippen LogP contribution in [0.15, 0.2) is 39.4 Å². The molecule has 1 aromatic heterocycles. The Hall–Kier alpha value is -0.780. The molecular weight excluding hydrogens is 407 g/mol. The molecule has 6 heteroatoms. The lowest BCUT2D eigenvalue weighted by atomic mass is 10.3. The lowest BCUT2D eigenvalue weighted by Crippen LogP contribution is -2.17. The van der Waals surface area contributed by atoms with Crippen molar-refractivity contribution in [3.05, 3.63) is 50.1 Å². The van der Waals surface area contributed by atoms with Crippen LogP contribution in [0.5, 0.6) is 0 Å². The number of anilines is 1. The maximum Gasteiger partial charge on any atom is 0.272 e. The van der Waals surface area contributed by atoms with Crippen molar-refractivity contribution in [2.45, 2.75) is 19.9 Å². The Balaban J connectivity index is 2.26. The van der Waals surface area contributed by atoms with Crippen molar-refractivity contribution < 1.29 is 4.79 Å². The summed E-state index contributed by atoms with van der Waals surface area (Å²) in [5.41, 5.74) is 1.20. The van der Waals surface area contributed by atoms with Crippen molar-refractivity contribution in [2.24, 2.45) is 0 Å². The summed E-state index contributed by atoms with van der Waals surface area (Å²) in [6, 6.07) is 7.15. The first-order chi connectivity index (χ1) is 9.51. The summed E-state index contributed by atoms with van der Waals surface area (Å²) in [4.78, 5) is 12.4. The SMILES string of the molecule is CCCn1cc(Br)cc1C(=O)Nc1cc(Br)ccc1Cl. The Morgan fingerprint density at radius 2 is 2.05 bits per heavy atom. The maximum absolute atomic E-state index is 12.4. The normalized spacial score (nSPS) is 10.6. The van der Waals surface area contributed by atoms with Gasteiger partial charge in [0.2, 0.25) is 0 Å². The van der Waals surface area contributed by atoms with E-state index in [1.807, 2.05) is 16.8 Å². The fourth-order valence-electron chi connectivity index (χ4n) is 1.87. The molecule has 1 N–H and O–H groups in total. The summed E-state index contributed by atoms with van der Waals surface area (Å²) in [6.07, 6.45) is 2.86. The van der Waals surface area contributed by atoms with Gasteiger partial charge in [-0.2, -0.15) is 0 Å². The Kier molecular flexibility index (Phi) is 5.29. The van der Waals surface area contributed by atoms with Gasteiger partial charge in [-0.05, 0) is 46.6 Å². The lowest BCUT2D eigenvalue weighted by molar-refractivity contribution is 0.101. The second-order valence-corrected chi connectivity index (χ2v) is 6.55. The standard InChI is InChI=1S/C14H13Br2ClN2O/c1-2-5-19-8-10(16)7-13(19)14(20)18-12-6-9(15)3-4-11(12)17/h3-4,6-8H,2,5H2,1H3,(H,18,20). The highest BCUT2D eigenvalue weighted by Crippen LogP contribution is 2.26. The number of hydrogen-bond donors (Lipinski definition) is 1. The van der Waals surface area contributed by atoms with Crippen molar-refractivity contribution in [1.29, 1.82) is 0 Å². The van der Waals surface area contributed by atoms with Gasteiger partial charge in [0, 0.05) is 21.7 Å². The predicted molar refractivity (Wildman–Crippen MR) is 89.5 cm³/mol. The summed E-state index contributed by atoms with van der Waals surface area (Å²) >= 11 is 12.8. The first-order valence-electron chi connectivity index (χ1n) is 6.13. The van der Waals surface area contributed by atoms with E-state index < -0.39 is 0 Å². The number of aryl methyl sites for hydroxylation is 1. The van der Waals surface area contributed by atoms with Crippen molar-refractivity contribution in [3.8, 4) is 0 Å². The van der Waals surface area contributed by atoms with E-state index in [0.717, 1.165) is 21.9 Å². The zero-order chi connectivity index (χ0) is 14.7. The third kappa shape index (κ3) is 3.65. The van der Waals surface area contributed by atoms with Gasteiger partial charge in [0.1, 0.15) is 5.69 Å². The van der Waals surface area contributed by atoms with Crippen molar-refractivity contribution in [2.75, 3.05) is 5.32 Å². The Morgan fingerprint density at radius 1 is 1.30 bits per heavy atom. The van der Waals surface area contributed by atoms with Crippen LogP contribution in [0, 0.1) is 0 Å². The van der Waals surface area contributed by atoms with E-state index in [2.05, 4.69) is 44.1 Å². The van der Waals surface area contributed by atoms with Gasteiger partial charge in [-0.25, -0.2) is 0 Å². The highest BCUT2D eigenvalue weighted by atomic mass is 79.9. The highest BCUT2D eigenvalue weighted by molar-refractivity contribution is 9.10. The number of nitrogens with one attached hydrogen (secondary N) is 1. The van der Waals surface area contributed by atoms with Crippen LogP contribution < -0.4 is 5.32 Å². The average Bonchev–Trinajstić information content (AvgIpc) is 2.75. The molecule has 1 amide bonds. The molecule has 0 saturated heterocycles. The van der Waals surface area contributed by atoms with E-state index in [4.69, 9.17) is 11.6 Å². The number of carbonyl (C=O) groups is 1. The number of halogens is 3. The van der Waals surface area contributed by atoms with E-state index >= 15 is 0 Å². The second kappa shape index (κ2) is 6.78. The van der Waals surface area contributed by atoms with E-state index in [1.165, 1.54) is 0 Å². The van der Waals surface area contributed by atoms with Gasteiger partial charge in [0.05, 0.1) is 10.7 Å². The van der Waals surface area contributed by atoms with Crippen LogP contribution in [0.25, 0.3) is 0 Å². The smallest absolute Gasteiger partial charge is 0.272 e. The van der Waals surface area contributed by atoms with Crippen molar-refractivity contribution in [1.82, 2.24) is 4.57 Å². The minimum atomic E-state index is -0.177. The largest absolute Gasteiger partial charge is 0.342 e. The summed E-state index contributed by atoms with van der Waals surface area (Å²) < 4.78 is 3.67. The summed E-state index contributed by atoms with van der Waals surface area (Å²) in [7, 11) is 0. The second-order valence-electron chi connectivity index (χ2n) is 4.32. The zero-order valence-electron chi connectivity index (χ0n) is 10.8. The molecule has 0 aliphatic heterocycles. The highest BCUT2D eigenvalue weighted by Gasteiger charge is 2.14. The monoisotopic (exact) mass is 418 g/mol. The Labute approximate surface area is 139 Å². The molecule has 0 spiro atoms. The minimum absolute atomic E-state index is 0.177. The minimum Gasteiger partial charge on any atom is -0.342 e. The van der Waals surface area contributed by atoms with Gasteiger partial charge in [-0.1, -0.05) is 34.5 Å². The molecule has 0 atom stereocenters. The number of rotatable bonds is 4. The topological polar surface area (TPSA) is 34.0 Å². The van der Waals surface area contributed by atoms with Crippen LogP contribution >= 0.6 is 43.5 Å². The zero-order valence-corrected chi connectivity index (χ0v) is 14.7. The summed E-state index contributed by atoms with van der Waals surface area (Å²) in [5, 5.41) is 3.35. The van der Waals surface area contributed by atoms with Gasteiger partial charge in [-0.15, -0.1) is 0 Å². The molecule has 20 heavy (non-hydrogen) atoms. The summed E-state index contributed by atoms with van der Waals surface area (Å²) in [6.45, 7) is 2.86. The van der Waals surface area contributed by atoms with E-state index in [1.54, 1.807) is 18.2 Å². The van der Waals surface area contributed by atoms with Crippen molar-refractivity contribution in [3.63, 3.8) is 0 Å². The van der Waals surface area contributed by atoms with E-state index in [9.17, 15) is 4.79 Å². The molecule has 1 heterocycles. The van der Waals surface area contributed by atoms with Crippen LogP contribution in [0.2, 0.25) is 5.02 Å². The van der Waals surface area contributed by atoms with Gasteiger partial charge in [-0.3, -0.25) is 4.79 Å². The molecule has 106 valence electrons. The molecule has 0 aliphatic carbocycles. The van der Waals surface area contributed by atoms with Crippen LogP contribution in [0.1, 0.15) is 23.8 Å². The molecule has 0 unspecified atom stereocenters. The van der Waals surface area contributed by atoms with Gasteiger partial charge in [0.25, 0.3) is 5.91 Å². The summed E-state index contributed by atoms with van der Waals surface area (Å²) in [5.74, 6) is -0.177. The molecule has 0 aliphatic rings. The van der Waals surface area contributed by atoms with Crippen molar-refractivity contribution >= 4 is 55.1 Å². The number of hydrogen-bond acceptors (Lipinski definition) is 1. The first-order valence-corrected chi connectivity index (χ1v) is 8.09. The fraction of sp³-hybridized carbons (Fsp3) is 0.214. The molecule has 3 nitrogen and oxygen atoms in total. The Bertz CT molecular complexity index is 640.